The summed E-state index contributed by atoms with van der Waals surface area (Å²) in [4.78, 5) is 22.7. The van der Waals surface area contributed by atoms with E-state index in [4.69, 9.17) is 15.6 Å². The normalized spacial score (nSPS) is 10.8. The number of rotatable bonds is 5. The second-order valence-electron chi connectivity index (χ2n) is 4.26. The zero-order valence-electron chi connectivity index (χ0n) is 11.4. The average molecular weight is 286 g/mol. The molecule has 0 aliphatic heterocycles. The summed E-state index contributed by atoms with van der Waals surface area (Å²) in [6.07, 6.45) is 0.937. The number of nitriles is 2. The fourth-order valence-corrected chi connectivity index (χ4v) is 1.68. The van der Waals surface area contributed by atoms with Crippen LogP contribution in [0.15, 0.2) is 18.2 Å². The Morgan fingerprint density at radius 2 is 1.95 bits per heavy atom. The maximum atomic E-state index is 11.7. The van der Waals surface area contributed by atoms with Crippen LogP contribution in [0.4, 0.5) is 10.5 Å². The third kappa shape index (κ3) is 4.51. The van der Waals surface area contributed by atoms with Crippen LogP contribution in [0.1, 0.15) is 30.9 Å². The Balaban J connectivity index is 2.78. The quantitative estimate of drug-likeness (QED) is 0.760. The van der Waals surface area contributed by atoms with Gasteiger partial charge in [-0.3, -0.25) is 0 Å². The minimum atomic E-state index is -1.11. The van der Waals surface area contributed by atoms with E-state index in [2.05, 4.69) is 10.6 Å². The minimum Gasteiger partial charge on any atom is -0.480 e. The summed E-state index contributed by atoms with van der Waals surface area (Å²) in [7, 11) is 0. The summed E-state index contributed by atoms with van der Waals surface area (Å²) in [5.41, 5.74) is 0.653. The minimum absolute atomic E-state index is 0.138. The van der Waals surface area contributed by atoms with E-state index in [9.17, 15) is 9.59 Å². The van der Waals surface area contributed by atoms with Gasteiger partial charge in [0.1, 0.15) is 18.2 Å². The highest BCUT2D eigenvalue weighted by Gasteiger charge is 2.18. The highest BCUT2D eigenvalue weighted by molar-refractivity contribution is 5.92. The summed E-state index contributed by atoms with van der Waals surface area (Å²) in [6, 6.07) is 6.30. The SMILES string of the molecule is CCCC(NC(=O)Nc1ccc(C#N)c(C#N)c1)C(=O)O. The first-order valence-corrected chi connectivity index (χ1v) is 6.26. The van der Waals surface area contributed by atoms with Gasteiger partial charge in [-0.15, -0.1) is 0 Å². The molecular weight excluding hydrogens is 272 g/mol. The van der Waals surface area contributed by atoms with E-state index in [0.29, 0.717) is 18.5 Å². The predicted molar refractivity (Wildman–Crippen MR) is 74.4 cm³/mol. The number of carboxylic acids is 1. The van der Waals surface area contributed by atoms with Crippen molar-refractivity contribution in [2.45, 2.75) is 25.8 Å². The van der Waals surface area contributed by atoms with Crippen LogP contribution in [0.3, 0.4) is 0 Å². The van der Waals surface area contributed by atoms with Gasteiger partial charge in [-0.1, -0.05) is 13.3 Å². The highest BCUT2D eigenvalue weighted by Crippen LogP contribution is 2.14. The number of anilines is 1. The van der Waals surface area contributed by atoms with E-state index in [0.717, 1.165) is 0 Å². The van der Waals surface area contributed by atoms with Crippen LogP contribution in [-0.2, 0) is 4.79 Å². The van der Waals surface area contributed by atoms with Gasteiger partial charge in [0.15, 0.2) is 0 Å². The van der Waals surface area contributed by atoms with Gasteiger partial charge in [0.05, 0.1) is 11.1 Å². The van der Waals surface area contributed by atoms with Crippen LogP contribution < -0.4 is 10.6 Å². The van der Waals surface area contributed by atoms with Gasteiger partial charge in [-0.05, 0) is 24.6 Å². The number of aliphatic carboxylic acids is 1. The van der Waals surface area contributed by atoms with Crippen molar-refractivity contribution in [3.8, 4) is 12.1 Å². The summed E-state index contributed by atoms with van der Waals surface area (Å²) >= 11 is 0. The Kier molecular flexibility index (Phi) is 5.72. The molecule has 1 aromatic rings. The molecule has 0 aliphatic rings. The maximum Gasteiger partial charge on any atom is 0.326 e. The van der Waals surface area contributed by atoms with Gasteiger partial charge in [-0.25, -0.2) is 9.59 Å². The highest BCUT2D eigenvalue weighted by atomic mass is 16.4. The first-order chi connectivity index (χ1) is 10.0. The molecule has 0 fully saturated rings. The van der Waals surface area contributed by atoms with Gasteiger partial charge in [0.2, 0.25) is 0 Å². The number of carboxylic acid groups (broad SMARTS) is 1. The molecule has 1 atom stereocenters. The summed E-state index contributed by atoms with van der Waals surface area (Å²) < 4.78 is 0. The summed E-state index contributed by atoms with van der Waals surface area (Å²) in [6.45, 7) is 1.81. The Labute approximate surface area is 121 Å². The van der Waals surface area contributed by atoms with Crippen molar-refractivity contribution in [3.05, 3.63) is 29.3 Å². The summed E-state index contributed by atoms with van der Waals surface area (Å²) in [5, 5.41) is 31.4. The smallest absolute Gasteiger partial charge is 0.326 e. The number of carbonyl (C=O) groups is 2. The Bertz CT molecular complexity index is 628. The number of carbonyl (C=O) groups excluding carboxylic acids is 1. The number of amides is 2. The second-order valence-corrected chi connectivity index (χ2v) is 4.26. The third-order valence-corrected chi connectivity index (χ3v) is 2.70. The van der Waals surface area contributed by atoms with Crippen molar-refractivity contribution >= 4 is 17.7 Å². The molecule has 0 aliphatic carbocycles. The lowest BCUT2D eigenvalue weighted by atomic mass is 10.1. The fourth-order valence-electron chi connectivity index (χ4n) is 1.68. The Morgan fingerprint density at radius 1 is 1.29 bits per heavy atom. The van der Waals surface area contributed by atoms with Crippen LogP contribution in [-0.4, -0.2) is 23.1 Å². The van der Waals surface area contributed by atoms with Crippen molar-refractivity contribution in [1.82, 2.24) is 5.32 Å². The molecule has 0 saturated heterocycles. The monoisotopic (exact) mass is 286 g/mol. The van der Waals surface area contributed by atoms with E-state index in [1.54, 1.807) is 0 Å². The molecule has 1 unspecified atom stereocenters. The number of hydrogen-bond donors (Lipinski definition) is 3. The molecule has 108 valence electrons. The van der Waals surface area contributed by atoms with Crippen molar-refractivity contribution in [2.24, 2.45) is 0 Å². The Morgan fingerprint density at radius 3 is 2.48 bits per heavy atom. The van der Waals surface area contributed by atoms with Crippen molar-refractivity contribution in [2.75, 3.05) is 5.32 Å². The lowest BCUT2D eigenvalue weighted by molar-refractivity contribution is -0.139. The van der Waals surface area contributed by atoms with Crippen LogP contribution >= 0.6 is 0 Å². The van der Waals surface area contributed by atoms with Crippen molar-refractivity contribution in [3.63, 3.8) is 0 Å². The van der Waals surface area contributed by atoms with Crippen LogP contribution in [0.25, 0.3) is 0 Å². The van der Waals surface area contributed by atoms with E-state index in [1.807, 2.05) is 19.1 Å². The van der Waals surface area contributed by atoms with Crippen molar-refractivity contribution < 1.29 is 14.7 Å². The topological polar surface area (TPSA) is 126 Å². The van der Waals surface area contributed by atoms with Gasteiger partial charge in [0.25, 0.3) is 0 Å². The molecule has 7 heteroatoms. The number of benzene rings is 1. The zero-order valence-corrected chi connectivity index (χ0v) is 11.4. The van der Waals surface area contributed by atoms with Crippen LogP contribution in [0, 0.1) is 22.7 Å². The fraction of sp³-hybridized carbons (Fsp3) is 0.286. The first-order valence-electron chi connectivity index (χ1n) is 6.26. The van der Waals surface area contributed by atoms with Gasteiger partial charge < -0.3 is 15.7 Å². The summed E-state index contributed by atoms with van der Waals surface area (Å²) in [5.74, 6) is -1.11. The van der Waals surface area contributed by atoms with E-state index >= 15 is 0 Å². The molecule has 0 aromatic heterocycles. The molecule has 21 heavy (non-hydrogen) atoms. The molecule has 0 heterocycles. The van der Waals surface area contributed by atoms with E-state index in [-0.39, 0.29) is 11.1 Å². The number of nitrogens with zero attached hydrogens (tertiary/aromatic N) is 2. The van der Waals surface area contributed by atoms with Gasteiger partial charge in [-0.2, -0.15) is 10.5 Å². The molecule has 7 nitrogen and oxygen atoms in total. The molecule has 0 saturated carbocycles. The molecular formula is C14H14N4O3. The lowest BCUT2D eigenvalue weighted by Crippen LogP contribution is -2.42. The molecule has 2 amide bonds. The van der Waals surface area contributed by atoms with Gasteiger partial charge in [0, 0.05) is 5.69 Å². The van der Waals surface area contributed by atoms with Crippen LogP contribution in [0.5, 0.6) is 0 Å². The molecule has 1 aromatic carbocycles. The second kappa shape index (κ2) is 7.51. The predicted octanol–water partition coefficient (Wildman–Crippen LogP) is 1.80. The number of urea groups is 1. The molecule has 0 radical (unpaired) electrons. The molecule has 0 spiro atoms. The van der Waals surface area contributed by atoms with Gasteiger partial charge >= 0.3 is 12.0 Å². The van der Waals surface area contributed by atoms with E-state index < -0.39 is 18.0 Å². The molecule has 3 N–H and O–H groups in total. The molecule has 1 rings (SSSR count). The Hall–Kier alpha value is -3.06. The van der Waals surface area contributed by atoms with Crippen LogP contribution in [0.2, 0.25) is 0 Å². The maximum absolute atomic E-state index is 11.7. The lowest BCUT2D eigenvalue weighted by Gasteiger charge is -2.14. The van der Waals surface area contributed by atoms with Crippen molar-refractivity contribution in [1.29, 1.82) is 10.5 Å². The largest absolute Gasteiger partial charge is 0.480 e. The third-order valence-electron chi connectivity index (χ3n) is 2.70. The molecule has 0 bridgehead atoms. The average Bonchev–Trinajstić information content (AvgIpc) is 2.46. The number of hydrogen-bond acceptors (Lipinski definition) is 4. The standard InChI is InChI=1S/C14H14N4O3/c1-2-3-12(13(19)20)18-14(21)17-11-5-4-9(7-15)10(6-11)8-16/h4-6,12H,2-3H2,1H3,(H,19,20)(H2,17,18,21). The van der Waals surface area contributed by atoms with E-state index in [1.165, 1.54) is 18.2 Å². The first kappa shape index (κ1) is 16.0. The zero-order chi connectivity index (χ0) is 15.8. The number of nitrogens with one attached hydrogen (secondary N) is 2.